The molecule has 7 heteroatoms. The minimum Gasteiger partial charge on any atom is -0.493 e. The fraction of sp³-hybridized carbons (Fsp3) is 0.333. The van der Waals surface area contributed by atoms with Crippen molar-refractivity contribution in [2.24, 2.45) is 0 Å². The first-order valence-corrected chi connectivity index (χ1v) is 10.0. The van der Waals surface area contributed by atoms with Crippen LogP contribution in [0.5, 0.6) is 11.5 Å². The Hall–Kier alpha value is -2.64. The van der Waals surface area contributed by atoms with Crippen LogP contribution in [0.25, 0.3) is 10.4 Å². The number of hydrogen-bond acceptors (Lipinski definition) is 6. The molecular formula is C21H23N3O3S. The van der Waals surface area contributed by atoms with E-state index in [0.29, 0.717) is 12.4 Å². The van der Waals surface area contributed by atoms with Crippen molar-refractivity contribution in [2.75, 3.05) is 20.8 Å². The van der Waals surface area contributed by atoms with Crippen molar-refractivity contribution >= 4 is 11.3 Å². The highest BCUT2D eigenvalue weighted by atomic mass is 32.1. The van der Waals surface area contributed by atoms with Crippen molar-refractivity contribution in [1.29, 1.82) is 0 Å². The van der Waals surface area contributed by atoms with Crippen LogP contribution in [0.2, 0.25) is 0 Å². The van der Waals surface area contributed by atoms with Gasteiger partial charge in [-0.05, 0) is 42.8 Å². The van der Waals surface area contributed by atoms with Gasteiger partial charge in [-0.1, -0.05) is 0 Å². The van der Waals surface area contributed by atoms with Crippen LogP contribution >= 0.6 is 11.3 Å². The van der Waals surface area contributed by atoms with Gasteiger partial charge in [0.25, 0.3) is 5.56 Å². The lowest BCUT2D eigenvalue weighted by Gasteiger charge is -2.27. The van der Waals surface area contributed by atoms with Gasteiger partial charge < -0.3 is 14.5 Å². The van der Waals surface area contributed by atoms with E-state index < -0.39 is 0 Å². The zero-order chi connectivity index (χ0) is 19.7. The van der Waals surface area contributed by atoms with Crippen molar-refractivity contribution in [2.45, 2.75) is 26.4 Å². The van der Waals surface area contributed by atoms with Gasteiger partial charge in [0.2, 0.25) is 0 Å². The molecule has 2 aromatic heterocycles. The first-order valence-electron chi connectivity index (χ1n) is 9.19. The molecule has 146 valence electrons. The largest absolute Gasteiger partial charge is 0.493 e. The average Bonchev–Trinajstić information content (AvgIpc) is 3.16. The maximum atomic E-state index is 12.2. The molecule has 1 aliphatic heterocycles. The van der Waals surface area contributed by atoms with Crippen molar-refractivity contribution in [1.82, 2.24) is 14.9 Å². The van der Waals surface area contributed by atoms with Crippen molar-refractivity contribution in [3.63, 3.8) is 0 Å². The van der Waals surface area contributed by atoms with E-state index in [4.69, 9.17) is 9.47 Å². The fourth-order valence-electron chi connectivity index (χ4n) is 3.57. The fourth-order valence-corrected chi connectivity index (χ4v) is 4.61. The Labute approximate surface area is 167 Å². The average molecular weight is 398 g/mol. The highest BCUT2D eigenvalue weighted by molar-refractivity contribution is 7.15. The van der Waals surface area contributed by atoms with Gasteiger partial charge >= 0.3 is 0 Å². The van der Waals surface area contributed by atoms with Crippen LogP contribution in [0.15, 0.2) is 35.1 Å². The SMILES string of the molecule is COc1ccc(-c2ccc(CN3CCc4nc(C)[nH]c(=O)c4C3)s2)cc1OC. The molecule has 28 heavy (non-hydrogen) atoms. The molecular weight excluding hydrogens is 374 g/mol. The number of rotatable bonds is 5. The molecule has 0 radical (unpaired) electrons. The lowest BCUT2D eigenvalue weighted by molar-refractivity contribution is 0.243. The Kier molecular flexibility index (Phi) is 5.19. The second-order valence-corrected chi connectivity index (χ2v) is 8.04. The molecule has 4 rings (SSSR count). The van der Waals surface area contributed by atoms with Gasteiger partial charge in [-0.3, -0.25) is 9.69 Å². The molecule has 0 saturated carbocycles. The molecule has 0 amide bonds. The first kappa shape index (κ1) is 18.7. The van der Waals surface area contributed by atoms with Crippen LogP contribution in [0.3, 0.4) is 0 Å². The van der Waals surface area contributed by atoms with Crippen molar-refractivity contribution < 1.29 is 9.47 Å². The van der Waals surface area contributed by atoms with Gasteiger partial charge in [0.15, 0.2) is 11.5 Å². The zero-order valence-corrected chi connectivity index (χ0v) is 17.1. The summed E-state index contributed by atoms with van der Waals surface area (Å²) in [6.45, 7) is 4.20. The number of nitrogens with one attached hydrogen (secondary N) is 1. The molecule has 1 N–H and O–H groups in total. The third-order valence-corrected chi connectivity index (χ3v) is 6.09. The van der Waals surface area contributed by atoms with Crippen molar-refractivity contribution in [3.8, 4) is 21.9 Å². The van der Waals surface area contributed by atoms with Crippen LogP contribution < -0.4 is 15.0 Å². The summed E-state index contributed by atoms with van der Waals surface area (Å²) in [5.74, 6) is 2.14. The first-order chi connectivity index (χ1) is 13.6. The summed E-state index contributed by atoms with van der Waals surface area (Å²) in [5.41, 5.74) is 2.83. The molecule has 3 heterocycles. The van der Waals surface area contributed by atoms with Gasteiger partial charge in [-0.15, -0.1) is 11.3 Å². The maximum absolute atomic E-state index is 12.2. The van der Waals surface area contributed by atoms with Gasteiger partial charge in [-0.2, -0.15) is 0 Å². The molecule has 0 saturated heterocycles. The van der Waals surface area contributed by atoms with E-state index in [9.17, 15) is 4.79 Å². The third kappa shape index (κ3) is 3.68. The minimum atomic E-state index is -0.00982. The van der Waals surface area contributed by atoms with Gasteiger partial charge in [0, 0.05) is 35.8 Å². The Morgan fingerprint density at radius 1 is 1.18 bits per heavy atom. The van der Waals surface area contributed by atoms with E-state index in [1.165, 1.54) is 9.75 Å². The van der Waals surface area contributed by atoms with Crippen LogP contribution in [0.4, 0.5) is 0 Å². The van der Waals surface area contributed by atoms with E-state index in [1.54, 1.807) is 25.6 Å². The Balaban J connectivity index is 1.51. The summed E-state index contributed by atoms with van der Waals surface area (Å²) in [7, 11) is 3.28. The number of aromatic nitrogens is 2. The third-order valence-electron chi connectivity index (χ3n) is 4.98. The molecule has 0 bridgehead atoms. The lowest BCUT2D eigenvalue weighted by Crippen LogP contribution is -2.35. The normalized spacial score (nSPS) is 14.0. The number of aromatic amines is 1. The minimum absolute atomic E-state index is 0.00982. The molecule has 0 fully saturated rings. The van der Waals surface area contributed by atoms with Crippen LogP contribution in [-0.2, 0) is 19.5 Å². The quantitative estimate of drug-likeness (QED) is 0.715. The summed E-state index contributed by atoms with van der Waals surface area (Å²) < 4.78 is 10.7. The highest BCUT2D eigenvalue weighted by Gasteiger charge is 2.21. The van der Waals surface area contributed by atoms with Gasteiger partial charge in [0.05, 0.1) is 25.5 Å². The smallest absolute Gasteiger partial charge is 0.255 e. The summed E-state index contributed by atoms with van der Waals surface area (Å²) in [4.78, 5) is 24.3. The number of nitrogens with zero attached hydrogens (tertiary/aromatic N) is 2. The van der Waals surface area contributed by atoms with Gasteiger partial charge in [0.1, 0.15) is 5.82 Å². The van der Waals surface area contributed by atoms with Crippen LogP contribution in [0.1, 0.15) is 22.0 Å². The Morgan fingerprint density at radius 2 is 2.00 bits per heavy atom. The predicted molar refractivity (Wildman–Crippen MR) is 110 cm³/mol. The summed E-state index contributed by atoms with van der Waals surface area (Å²) in [6.07, 6.45) is 0.813. The van der Waals surface area contributed by atoms with E-state index in [1.807, 2.05) is 25.1 Å². The predicted octanol–water partition coefficient (Wildman–Crippen LogP) is 3.38. The molecule has 0 atom stereocenters. The highest BCUT2D eigenvalue weighted by Crippen LogP contribution is 2.35. The number of hydrogen-bond donors (Lipinski definition) is 1. The van der Waals surface area contributed by atoms with E-state index in [-0.39, 0.29) is 5.56 Å². The number of fused-ring (bicyclic) bond motifs is 1. The van der Waals surface area contributed by atoms with Crippen LogP contribution in [0, 0.1) is 6.92 Å². The molecule has 0 aliphatic carbocycles. The molecule has 6 nitrogen and oxygen atoms in total. The monoisotopic (exact) mass is 397 g/mol. The van der Waals surface area contributed by atoms with Crippen LogP contribution in [-0.4, -0.2) is 35.6 Å². The summed E-state index contributed by atoms with van der Waals surface area (Å²) >= 11 is 1.76. The maximum Gasteiger partial charge on any atom is 0.255 e. The van der Waals surface area contributed by atoms with Crippen molar-refractivity contribution in [3.05, 3.63) is 62.6 Å². The number of ether oxygens (including phenoxy) is 2. The summed E-state index contributed by atoms with van der Waals surface area (Å²) in [6, 6.07) is 10.3. The Bertz CT molecular complexity index is 1060. The topological polar surface area (TPSA) is 67.5 Å². The van der Waals surface area contributed by atoms with E-state index in [0.717, 1.165) is 47.8 Å². The molecule has 1 aromatic carbocycles. The Morgan fingerprint density at radius 3 is 2.79 bits per heavy atom. The lowest BCUT2D eigenvalue weighted by atomic mass is 10.1. The molecule has 1 aliphatic rings. The second kappa shape index (κ2) is 7.77. The van der Waals surface area contributed by atoms with E-state index in [2.05, 4.69) is 27.0 Å². The molecule has 0 spiro atoms. The molecule has 0 unspecified atom stereocenters. The zero-order valence-electron chi connectivity index (χ0n) is 16.2. The standard InChI is InChI=1S/C21H23N3O3S/c1-13-22-17-8-9-24(12-16(17)21(25)23-13)11-15-5-7-20(28-15)14-4-6-18(26-2)19(10-14)27-3/h4-7,10H,8-9,11-12H2,1-3H3,(H,22,23,25). The second-order valence-electron chi connectivity index (χ2n) is 6.87. The van der Waals surface area contributed by atoms with E-state index >= 15 is 0 Å². The number of aryl methyl sites for hydroxylation is 1. The number of H-pyrrole nitrogens is 1. The molecule has 3 aromatic rings. The number of methoxy groups -OCH3 is 2. The number of thiophene rings is 1. The van der Waals surface area contributed by atoms with Gasteiger partial charge in [-0.25, -0.2) is 4.98 Å². The number of benzene rings is 1. The summed E-state index contributed by atoms with van der Waals surface area (Å²) in [5, 5.41) is 0.